The molecular weight excluding hydrogens is 344 g/mol. The van der Waals surface area contributed by atoms with Crippen molar-refractivity contribution in [1.29, 1.82) is 0 Å². The Balaban J connectivity index is 1.75. The molecule has 0 spiro atoms. The Bertz CT molecular complexity index is 738. The zero-order chi connectivity index (χ0) is 18.4. The first kappa shape index (κ1) is 19.0. The van der Waals surface area contributed by atoms with E-state index in [1.165, 1.54) is 0 Å². The molecule has 0 saturated carbocycles. The van der Waals surface area contributed by atoms with Crippen LogP contribution in [0.4, 0.5) is 0 Å². The summed E-state index contributed by atoms with van der Waals surface area (Å²) in [6.07, 6.45) is 0.639. The number of carbonyl (C=O) groups excluding carboxylic acids is 2. The average Bonchev–Trinajstić information content (AvgIpc) is 2.89. The van der Waals surface area contributed by atoms with Gasteiger partial charge in [-0.25, -0.2) is 0 Å². The maximum Gasteiger partial charge on any atom is 0.306 e. The van der Waals surface area contributed by atoms with Crippen molar-refractivity contribution >= 4 is 23.5 Å². The number of hydrogen-bond donors (Lipinski definition) is 1. The highest BCUT2D eigenvalue weighted by atomic mass is 35.5. The van der Waals surface area contributed by atoms with Crippen LogP contribution in [0.3, 0.4) is 0 Å². The summed E-state index contributed by atoms with van der Waals surface area (Å²) >= 11 is 5.93. The van der Waals surface area contributed by atoms with E-state index in [2.05, 4.69) is 10.5 Å². The molecule has 0 unspecified atom stereocenters. The molecular formula is C18H21ClN2O4. The number of ether oxygens (including phenoxy) is 1. The van der Waals surface area contributed by atoms with E-state index in [4.69, 9.17) is 20.9 Å². The Morgan fingerprint density at radius 2 is 2.12 bits per heavy atom. The van der Waals surface area contributed by atoms with Gasteiger partial charge in [0.1, 0.15) is 5.76 Å². The molecule has 0 aliphatic heterocycles. The minimum Gasteiger partial charge on any atom is -0.456 e. The van der Waals surface area contributed by atoms with Crippen LogP contribution >= 0.6 is 11.6 Å². The van der Waals surface area contributed by atoms with Crippen LogP contribution in [-0.2, 0) is 20.7 Å². The van der Waals surface area contributed by atoms with Crippen molar-refractivity contribution in [3.05, 3.63) is 51.9 Å². The molecule has 134 valence electrons. The fourth-order valence-electron chi connectivity index (χ4n) is 2.45. The van der Waals surface area contributed by atoms with E-state index in [1.807, 2.05) is 26.0 Å². The molecule has 1 aromatic carbocycles. The molecule has 0 saturated heterocycles. The summed E-state index contributed by atoms with van der Waals surface area (Å²) in [5.74, 6) is -0.109. The molecule has 25 heavy (non-hydrogen) atoms. The lowest BCUT2D eigenvalue weighted by molar-refractivity contribution is -0.148. The molecule has 2 aromatic rings. The fraction of sp³-hybridized carbons (Fsp3) is 0.389. The highest BCUT2D eigenvalue weighted by Crippen LogP contribution is 2.17. The number of halogens is 1. The number of carbonyl (C=O) groups is 2. The van der Waals surface area contributed by atoms with E-state index in [0.717, 1.165) is 16.8 Å². The molecule has 1 atom stereocenters. The van der Waals surface area contributed by atoms with Crippen LogP contribution in [0.2, 0.25) is 5.02 Å². The van der Waals surface area contributed by atoms with E-state index >= 15 is 0 Å². The predicted octanol–water partition coefficient (Wildman–Crippen LogP) is 3.30. The average molecular weight is 365 g/mol. The van der Waals surface area contributed by atoms with Gasteiger partial charge in [0.05, 0.1) is 11.7 Å². The Morgan fingerprint density at radius 1 is 1.36 bits per heavy atom. The predicted molar refractivity (Wildman–Crippen MR) is 93.3 cm³/mol. The number of esters is 1. The normalized spacial score (nSPS) is 11.8. The zero-order valence-corrected chi connectivity index (χ0v) is 15.2. The summed E-state index contributed by atoms with van der Waals surface area (Å²) in [5.41, 5.74) is 2.54. The van der Waals surface area contributed by atoms with Gasteiger partial charge in [-0.2, -0.15) is 0 Å². The van der Waals surface area contributed by atoms with Crippen LogP contribution in [0, 0.1) is 13.8 Å². The summed E-state index contributed by atoms with van der Waals surface area (Å²) in [6.45, 7) is 5.14. The van der Waals surface area contributed by atoms with Crippen LogP contribution in [-0.4, -0.2) is 23.6 Å². The molecule has 0 aliphatic rings. The first-order chi connectivity index (χ1) is 11.9. The number of hydrogen-bond acceptors (Lipinski definition) is 5. The van der Waals surface area contributed by atoms with E-state index in [1.54, 1.807) is 19.1 Å². The van der Waals surface area contributed by atoms with Crippen molar-refractivity contribution < 1.29 is 18.8 Å². The van der Waals surface area contributed by atoms with Crippen LogP contribution in [0.15, 0.2) is 28.8 Å². The molecule has 0 aliphatic carbocycles. The smallest absolute Gasteiger partial charge is 0.306 e. The lowest BCUT2D eigenvalue weighted by atomic mass is 10.1. The first-order valence-corrected chi connectivity index (χ1v) is 8.37. The lowest BCUT2D eigenvalue weighted by Gasteiger charge is -2.14. The second-order valence-corrected chi connectivity index (χ2v) is 6.24. The number of amides is 1. The summed E-state index contributed by atoms with van der Waals surface area (Å²) in [4.78, 5) is 23.7. The summed E-state index contributed by atoms with van der Waals surface area (Å²) in [5, 5.41) is 7.20. The molecule has 2 rings (SSSR count). The van der Waals surface area contributed by atoms with Gasteiger partial charge in [0.25, 0.3) is 5.91 Å². The van der Waals surface area contributed by atoms with Gasteiger partial charge in [-0.15, -0.1) is 0 Å². The number of aromatic nitrogens is 1. The number of aryl methyl sites for hydroxylation is 2. The third kappa shape index (κ3) is 5.60. The third-order valence-electron chi connectivity index (χ3n) is 3.85. The molecule has 1 aromatic heterocycles. The van der Waals surface area contributed by atoms with Crippen molar-refractivity contribution in [2.75, 3.05) is 6.61 Å². The van der Waals surface area contributed by atoms with Gasteiger partial charge in [-0.1, -0.05) is 28.9 Å². The van der Waals surface area contributed by atoms with Crippen molar-refractivity contribution in [1.82, 2.24) is 10.5 Å². The fourth-order valence-corrected chi connectivity index (χ4v) is 2.65. The summed E-state index contributed by atoms with van der Waals surface area (Å²) in [7, 11) is 0. The number of rotatable bonds is 7. The lowest BCUT2D eigenvalue weighted by Crippen LogP contribution is -2.31. The van der Waals surface area contributed by atoms with E-state index in [-0.39, 0.29) is 25.0 Å². The van der Waals surface area contributed by atoms with Gasteiger partial charge in [0, 0.05) is 17.0 Å². The highest BCUT2D eigenvalue weighted by Gasteiger charge is 2.14. The standard InChI is InChI=1S/C18H21ClN2O4/c1-11(14-5-4-6-15(19)9-14)20-17(22)10-24-18(23)8-7-16-12(2)21-25-13(16)3/h4-6,9,11H,7-8,10H2,1-3H3,(H,20,22)/t11-/m0/s1. The number of nitrogens with zero attached hydrogens (tertiary/aromatic N) is 1. The third-order valence-corrected chi connectivity index (χ3v) is 4.09. The molecule has 1 amide bonds. The molecule has 0 radical (unpaired) electrons. The summed E-state index contributed by atoms with van der Waals surface area (Å²) in [6, 6.07) is 7.00. The zero-order valence-electron chi connectivity index (χ0n) is 14.5. The van der Waals surface area contributed by atoms with E-state index < -0.39 is 5.97 Å². The van der Waals surface area contributed by atoms with Crippen molar-refractivity contribution in [3.8, 4) is 0 Å². The van der Waals surface area contributed by atoms with Crippen LogP contribution < -0.4 is 5.32 Å². The van der Waals surface area contributed by atoms with Gasteiger partial charge in [-0.3, -0.25) is 9.59 Å². The molecule has 0 fully saturated rings. The molecule has 1 N–H and O–H groups in total. The van der Waals surface area contributed by atoms with Crippen LogP contribution in [0.1, 0.15) is 42.0 Å². The maximum atomic E-state index is 11.9. The molecule has 7 heteroatoms. The van der Waals surface area contributed by atoms with E-state index in [9.17, 15) is 9.59 Å². The second kappa shape index (κ2) is 8.67. The SMILES string of the molecule is Cc1noc(C)c1CCC(=O)OCC(=O)N[C@@H](C)c1cccc(Cl)c1. The van der Waals surface area contributed by atoms with Crippen LogP contribution in [0.5, 0.6) is 0 Å². The Labute approximate surface area is 151 Å². The Kier molecular flexibility index (Phi) is 6.58. The number of nitrogens with one attached hydrogen (secondary N) is 1. The largest absolute Gasteiger partial charge is 0.456 e. The first-order valence-electron chi connectivity index (χ1n) is 7.99. The topological polar surface area (TPSA) is 81.4 Å². The minimum absolute atomic E-state index is 0.167. The van der Waals surface area contributed by atoms with Gasteiger partial charge < -0.3 is 14.6 Å². The Hall–Kier alpha value is -2.34. The van der Waals surface area contributed by atoms with E-state index in [0.29, 0.717) is 17.2 Å². The minimum atomic E-state index is -0.439. The molecule has 1 heterocycles. The second-order valence-electron chi connectivity index (χ2n) is 5.81. The quantitative estimate of drug-likeness (QED) is 0.762. The molecule has 6 nitrogen and oxygen atoms in total. The van der Waals surface area contributed by atoms with Crippen molar-refractivity contribution in [3.63, 3.8) is 0 Å². The Morgan fingerprint density at radius 3 is 2.76 bits per heavy atom. The van der Waals surface area contributed by atoms with Crippen LogP contribution in [0.25, 0.3) is 0 Å². The molecule has 0 bridgehead atoms. The summed E-state index contributed by atoms with van der Waals surface area (Å²) < 4.78 is 10.1. The monoisotopic (exact) mass is 364 g/mol. The number of benzene rings is 1. The van der Waals surface area contributed by atoms with Crippen molar-refractivity contribution in [2.45, 2.75) is 39.7 Å². The van der Waals surface area contributed by atoms with Gasteiger partial charge in [0.15, 0.2) is 6.61 Å². The van der Waals surface area contributed by atoms with Gasteiger partial charge in [-0.05, 0) is 44.9 Å². The van der Waals surface area contributed by atoms with Gasteiger partial charge in [0.2, 0.25) is 0 Å². The highest BCUT2D eigenvalue weighted by molar-refractivity contribution is 6.30. The van der Waals surface area contributed by atoms with Gasteiger partial charge >= 0.3 is 5.97 Å². The maximum absolute atomic E-state index is 11.9. The van der Waals surface area contributed by atoms with Crippen molar-refractivity contribution in [2.24, 2.45) is 0 Å².